The zero-order valence-electron chi connectivity index (χ0n) is 23.7. The first-order valence-electron chi connectivity index (χ1n) is 15.1. The maximum absolute atomic E-state index is 13.8. The first-order valence-corrected chi connectivity index (χ1v) is 15.1. The van der Waals surface area contributed by atoms with Gasteiger partial charge in [-0.2, -0.15) is 5.26 Å². The van der Waals surface area contributed by atoms with Crippen molar-refractivity contribution in [2.24, 2.45) is 5.92 Å². The van der Waals surface area contributed by atoms with Crippen LogP contribution in [0.15, 0.2) is 48.5 Å². The van der Waals surface area contributed by atoms with Crippen molar-refractivity contribution in [3.63, 3.8) is 0 Å². The van der Waals surface area contributed by atoms with Gasteiger partial charge in [0, 0.05) is 26.2 Å². The highest BCUT2D eigenvalue weighted by atomic mass is 16.5. The minimum atomic E-state index is -0.718. The smallest absolute Gasteiger partial charge is 0.246 e. The molecule has 3 aliphatic rings. The summed E-state index contributed by atoms with van der Waals surface area (Å²) < 4.78 is 5.92. The van der Waals surface area contributed by atoms with Gasteiger partial charge in [-0.25, -0.2) is 0 Å². The molecule has 212 valence electrons. The van der Waals surface area contributed by atoms with E-state index in [2.05, 4.69) is 35.3 Å². The Hall–Kier alpha value is -3.37. The van der Waals surface area contributed by atoms with E-state index >= 15 is 0 Å². The summed E-state index contributed by atoms with van der Waals surface area (Å²) in [5.41, 5.74) is 1.07. The van der Waals surface area contributed by atoms with Gasteiger partial charge in [0.2, 0.25) is 11.8 Å². The Balaban J connectivity index is 1.19. The zero-order chi connectivity index (χ0) is 28.0. The van der Waals surface area contributed by atoms with Crippen molar-refractivity contribution < 1.29 is 14.3 Å². The SMILES string of the molecule is CCCCN1C(=O)C(CC2CCCCC2)NC(=O)C12CCN(Cc1ccc(Oc3ccc(C#N)cc3)cc1)CC2. The molecule has 2 aromatic rings. The lowest BCUT2D eigenvalue weighted by Crippen LogP contribution is -2.73. The van der Waals surface area contributed by atoms with Crippen molar-refractivity contribution in [2.75, 3.05) is 19.6 Å². The molecule has 7 heteroatoms. The molecule has 2 saturated heterocycles. The summed E-state index contributed by atoms with van der Waals surface area (Å²) in [5, 5.41) is 12.2. The molecule has 5 rings (SSSR count). The van der Waals surface area contributed by atoms with Crippen molar-refractivity contribution in [2.45, 2.75) is 89.3 Å². The molecule has 0 bridgehead atoms. The highest BCUT2D eigenvalue weighted by Crippen LogP contribution is 2.36. The Morgan fingerprint density at radius 2 is 1.62 bits per heavy atom. The average molecular weight is 543 g/mol. The fourth-order valence-electron chi connectivity index (χ4n) is 6.67. The van der Waals surface area contributed by atoms with Crippen molar-refractivity contribution in [3.8, 4) is 17.6 Å². The Bertz CT molecular complexity index is 1190. The topological polar surface area (TPSA) is 85.7 Å². The molecule has 40 heavy (non-hydrogen) atoms. The minimum absolute atomic E-state index is 0.0629. The molecule has 2 heterocycles. The van der Waals surface area contributed by atoms with Crippen LogP contribution in [0.25, 0.3) is 0 Å². The number of hydrogen-bond donors (Lipinski definition) is 1. The number of nitrogens with zero attached hydrogens (tertiary/aromatic N) is 3. The third-order valence-corrected chi connectivity index (χ3v) is 9.07. The second-order valence-electron chi connectivity index (χ2n) is 11.8. The maximum atomic E-state index is 13.8. The quantitative estimate of drug-likeness (QED) is 0.434. The van der Waals surface area contributed by atoms with Crippen LogP contribution in [-0.2, 0) is 16.1 Å². The molecule has 1 unspecified atom stereocenters. The van der Waals surface area contributed by atoms with Gasteiger partial charge >= 0.3 is 0 Å². The number of rotatable bonds is 9. The summed E-state index contributed by atoms with van der Waals surface area (Å²) in [6.45, 7) is 5.16. The number of nitriles is 1. The molecule has 2 amide bonds. The predicted octanol–water partition coefficient (Wildman–Crippen LogP) is 5.78. The Morgan fingerprint density at radius 1 is 0.975 bits per heavy atom. The van der Waals surface area contributed by atoms with Gasteiger partial charge < -0.3 is 15.0 Å². The number of carbonyl (C=O) groups is 2. The van der Waals surface area contributed by atoms with Crippen LogP contribution in [0, 0.1) is 17.2 Å². The van der Waals surface area contributed by atoms with Gasteiger partial charge in [-0.05, 0) is 73.6 Å². The van der Waals surface area contributed by atoms with Crippen molar-refractivity contribution in [1.82, 2.24) is 15.1 Å². The molecule has 3 fully saturated rings. The average Bonchev–Trinajstić information content (AvgIpc) is 2.99. The lowest BCUT2D eigenvalue weighted by atomic mass is 9.79. The summed E-state index contributed by atoms with van der Waals surface area (Å²) in [7, 11) is 0. The largest absolute Gasteiger partial charge is 0.457 e. The minimum Gasteiger partial charge on any atom is -0.457 e. The molecule has 1 spiro atoms. The first kappa shape index (κ1) is 28.2. The van der Waals surface area contributed by atoms with Crippen LogP contribution in [0.2, 0.25) is 0 Å². The van der Waals surface area contributed by atoms with Gasteiger partial charge in [-0.15, -0.1) is 0 Å². The van der Waals surface area contributed by atoms with Crippen LogP contribution >= 0.6 is 0 Å². The van der Waals surface area contributed by atoms with Crippen LogP contribution in [0.3, 0.4) is 0 Å². The van der Waals surface area contributed by atoms with E-state index in [-0.39, 0.29) is 17.9 Å². The van der Waals surface area contributed by atoms with E-state index in [1.165, 1.54) is 37.7 Å². The number of benzene rings is 2. The predicted molar refractivity (Wildman–Crippen MR) is 155 cm³/mol. The summed E-state index contributed by atoms with van der Waals surface area (Å²) in [6.07, 6.45) is 10.2. The van der Waals surface area contributed by atoms with E-state index in [9.17, 15) is 9.59 Å². The van der Waals surface area contributed by atoms with Gasteiger partial charge in [-0.1, -0.05) is 57.6 Å². The summed E-state index contributed by atoms with van der Waals surface area (Å²) in [4.78, 5) is 31.8. The number of piperazine rings is 1. The van der Waals surface area contributed by atoms with Crippen LogP contribution in [0.4, 0.5) is 0 Å². The number of ether oxygens (including phenoxy) is 1. The molecule has 2 aliphatic heterocycles. The van der Waals surface area contributed by atoms with Crippen molar-refractivity contribution >= 4 is 11.8 Å². The number of unbranched alkanes of at least 4 members (excludes halogenated alkanes) is 1. The summed E-state index contributed by atoms with van der Waals surface area (Å²) >= 11 is 0. The standard InChI is InChI=1S/C33H42N4O3/c1-2-3-19-37-31(38)30(22-25-7-5-4-6-8-25)35-32(39)33(37)17-20-36(21-18-33)24-27-11-15-29(16-12-27)40-28-13-9-26(23-34)10-14-28/h9-16,25,30H,2-8,17-22,24H2,1H3,(H,35,39). The molecule has 1 N–H and O–H groups in total. The van der Waals surface area contributed by atoms with Gasteiger partial charge in [0.05, 0.1) is 11.6 Å². The Kier molecular flexibility index (Phi) is 9.06. The van der Waals surface area contributed by atoms with E-state index in [0.29, 0.717) is 36.6 Å². The molecule has 0 radical (unpaired) electrons. The lowest BCUT2D eigenvalue weighted by Gasteiger charge is -2.52. The molecular formula is C33H42N4O3. The number of carbonyl (C=O) groups excluding carboxylic acids is 2. The van der Waals surface area contributed by atoms with E-state index < -0.39 is 5.54 Å². The lowest BCUT2D eigenvalue weighted by molar-refractivity contribution is -0.162. The van der Waals surface area contributed by atoms with E-state index in [0.717, 1.165) is 44.6 Å². The monoisotopic (exact) mass is 542 g/mol. The van der Waals surface area contributed by atoms with E-state index in [1.54, 1.807) is 24.3 Å². The molecule has 7 nitrogen and oxygen atoms in total. The molecule has 1 atom stereocenters. The first-order chi connectivity index (χ1) is 19.5. The van der Waals surface area contributed by atoms with Gasteiger partial charge in [0.25, 0.3) is 0 Å². The van der Waals surface area contributed by atoms with Crippen LogP contribution < -0.4 is 10.1 Å². The summed E-state index contributed by atoms with van der Waals surface area (Å²) in [5.74, 6) is 2.20. The second kappa shape index (κ2) is 12.9. The third-order valence-electron chi connectivity index (χ3n) is 9.07. The Morgan fingerprint density at radius 3 is 2.25 bits per heavy atom. The molecular weight excluding hydrogens is 500 g/mol. The zero-order valence-corrected chi connectivity index (χ0v) is 23.7. The van der Waals surface area contributed by atoms with E-state index in [1.807, 2.05) is 17.0 Å². The van der Waals surface area contributed by atoms with Gasteiger partial charge in [-0.3, -0.25) is 14.5 Å². The number of likely N-dealkylation sites (tertiary alicyclic amines) is 1. The molecule has 2 aromatic carbocycles. The van der Waals surface area contributed by atoms with Crippen LogP contribution in [-0.4, -0.2) is 52.8 Å². The van der Waals surface area contributed by atoms with Crippen molar-refractivity contribution in [1.29, 1.82) is 5.26 Å². The van der Waals surface area contributed by atoms with E-state index in [4.69, 9.17) is 10.00 Å². The summed E-state index contributed by atoms with van der Waals surface area (Å²) in [6, 6.07) is 16.9. The number of piperidine rings is 1. The maximum Gasteiger partial charge on any atom is 0.246 e. The van der Waals surface area contributed by atoms with Gasteiger partial charge in [0.15, 0.2) is 0 Å². The fraction of sp³-hybridized carbons (Fsp3) is 0.545. The van der Waals surface area contributed by atoms with Crippen LogP contribution in [0.1, 0.15) is 82.3 Å². The normalized spacial score (nSPS) is 21.7. The van der Waals surface area contributed by atoms with Gasteiger partial charge in [0.1, 0.15) is 23.1 Å². The number of nitrogens with one attached hydrogen (secondary N) is 1. The van der Waals surface area contributed by atoms with Crippen molar-refractivity contribution in [3.05, 3.63) is 59.7 Å². The fourth-order valence-corrected chi connectivity index (χ4v) is 6.67. The number of amides is 2. The second-order valence-corrected chi connectivity index (χ2v) is 11.8. The van der Waals surface area contributed by atoms with Crippen LogP contribution in [0.5, 0.6) is 11.5 Å². The molecule has 1 aliphatic carbocycles. The molecule has 1 saturated carbocycles. The highest BCUT2D eigenvalue weighted by Gasteiger charge is 2.53. The molecule has 0 aromatic heterocycles. The third kappa shape index (κ3) is 6.33. The Labute approximate surface area is 238 Å². The number of hydrogen-bond acceptors (Lipinski definition) is 5. The highest BCUT2D eigenvalue weighted by molar-refractivity contribution is 6.00.